The van der Waals surface area contributed by atoms with Gasteiger partial charge in [-0.25, -0.2) is 0 Å². The topological polar surface area (TPSA) is 85.9 Å². The van der Waals surface area contributed by atoms with E-state index < -0.39 is 0 Å². The molecule has 1 aromatic heterocycles. The predicted molar refractivity (Wildman–Crippen MR) is 103 cm³/mol. The fourth-order valence-electron chi connectivity index (χ4n) is 2.64. The summed E-state index contributed by atoms with van der Waals surface area (Å²) in [4.78, 5) is 24.8. The number of methoxy groups -OCH3 is 3. The van der Waals surface area contributed by atoms with Crippen molar-refractivity contribution in [3.63, 3.8) is 0 Å². The Kier molecular flexibility index (Phi) is 7.48. The Bertz CT molecular complexity index is 777. The van der Waals surface area contributed by atoms with E-state index in [4.69, 9.17) is 14.2 Å². The van der Waals surface area contributed by atoms with Crippen molar-refractivity contribution in [2.75, 3.05) is 21.3 Å². The molecule has 2 amide bonds. The van der Waals surface area contributed by atoms with E-state index in [1.54, 1.807) is 33.5 Å². The maximum atomic E-state index is 12.4. The zero-order chi connectivity index (χ0) is 19.8. The normalized spacial score (nSPS) is 11.4. The Morgan fingerprint density at radius 1 is 1.07 bits per heavy atom. The molecule has 0 fully saturated rings. The van der Waals surface area contributed by atoms with Crippen molar-refractivity contribution < 1.29 is 23.8 Å². The first-order valence-corrected chi connectivity index (χ1v) is 9.22. The number of hydrogen-bond donors (Lipinski definition) is 2. The molecule has 0 bridgehead atoms. The maximum absolute atomic E-state index is 12.4. The number of carbonyl (C=O) groups is 2. The van der Waals surface area contributed by atoms with E-state index in [1.165, 1.54) is 18.3 Å². The third-order valence-corrected chi connectivity index (χ3v) is 4.90. The SMILES string of the molecule is COc1cc(OC)c(OC)cc1CNC(=O)C[C@@H](NC(C)=O)c1cccs1. The van der Waals surface area contributed by atoms with Crippen LogP contribution in [0.15, 0.2) is 29.6 Å². The molecule has 2 N–H and O–H groups in total. The van der Waals surface area contributed by atoms with Gasteiger partial charge in [0.25, 0.3) is 0 Å². The van der Waals surface area contributed by atoms with Crippen LogP contribution >= 0.6 is 11.3 Å². The Labute approximate surface area is 162 Å². The zero-order valence-corrected chi connectivity index (χ0v) is 16.6. The van der Waals surface area contributed by atoms with Crippen LogP contribution in [-0.4, -0.2) is 33.1 Å². The second kappa shape index (κ2) is 9.82. The van der Waals surface area contributed by atoms with Crippen molar-refractivity contribution in [3.8, 4) is 17.2 Å². The lowest BCUT2D eigenvalue weighted by Crippen LogP contribution is -2.32. The molecule has 0 aliphatic rings. The van der Waals surface area contributed by atoms with Crippen LogP contribution in [0.25, 0.3) is 0 Å². The average molecular weight is 392 g/mol. The first-order valence-electron chi connectivity index (χ1n) is 8.34. The van der Waals surface area contributed by atoms with Crippen molar-refractivity contribution in [3.05, 3.63) is 40.1 Å². The van der Waals surface area contributed by atoms with Crippen molar-refractivity contribution in [2.24, 2.45) is 0 Å². The highest BCUT2D eigenvalue weighted by Gasteiger charge is 2.19. The van der Waals surface area contributed by atoms with Gasteiger partial charge in [0, 0.05) is 30.0 Å². The Balaban J connectivity index is 2.06. The van der Waals surface area contributed by atoms with E-state index >= 15 is 0 Å². The highest BCUT2D eigenvalue weighted by atomic mass is 32.1. The second-order valence-electron chi connectivity index (χ2n) is 5.77. The molecule has 146 valence electrons. The number of ether oxygens (including phenoxy) is 3. The molecule has 1 heterocycles. The van der Waals surface area contributed by atoms with E-state index in [-0.39, 0.29) is 30.8 Å². The Morgan fingerprint density at radius 2 is 1.74 bits per heavy atom. The summed E-state index contributed by atoms with van der Waals surface area (Å²) in [7, 11) is 4.65. The maximum Gasteiger partial charge on any atom is 0.222 e. The molecule has 0 aliphatic heterocycles. The van der Waals surface area contributed by atoms with Crippen LogP contribution < -0.4 is 24.8 Å². The number of thiophene rings is 1. The van der Waals surface area contributed by atoms with Crippen LogP contribution in [0.1, 0.15) is 29.8 Å². The number of nitrogens with one attached hydrogen (secondary N) is 2. The number of amides is 2. The summed E-state index contributed by atoms with van der Waals surface area (Å²) in [6.45, 7) is 1.70. The number of carbonyl (C=O) groups excluding carboxylic acids is 2. The molecular formula is C19H24N2O5S. The number of rotatable bonds is 9. The van der Waals surface area contributed by atoms with Crippen LogP contribution in [0.3, 0.4) is 0 Å². The molecule has 0 saturated carbocycles. The van der Waals surface area contributed by atoms with E-state index in [0.29, 0.717) is 17.2 Å². The van der Waals surface area contributed by atoms with Gasteiger partial charge >= 0.3 is 0 Å². The molecule has 0 saturated heterocycles. The van der Waals surface area contributed by atoms with Gasteiger partial charge in [-0.3, -0.25) is 9.59 Å². The lowest BCUT2D eigenvalue weighted by Gasteiger charge is -2.17. The van der Waals surface area contributed by atoms with Crippen molar-refractivity contribution >= 4 is 23.2 Å². The lowest BCUT2D eigenvalue weighted by molar-refractivity contribution is -0.122. The van der Waals surface area contributed by atoms with Gasteiger partial charge in [-0.2, -0.15) is 0 Å². The minimum atomic E-state index is -0.352. The van der Waals surface area contributed by atoms with Gasteiger partial charge < -0.3 is 24.8 Å². The van der Waals surface area contributed by atoms with Crippen LogP contribution in [0.5, 0.6) is 17.2 Å². The predicted octanol–water partition coefficient (Wildman–Crippen LogP) is 2.66. The molecular weight excluding hydrogens is 368 g/mol. The molecule has 1 atom stereocenters. The molecule has 8 heteroatoms. The molecule has 1 aromatic carbocycles. The summed E-state index contributed by atoms with van der Waals surface area (Å²) in [6.07, 6.45) is 0.149. The smallest absolute Gasteiger partial charge is 0.222 e. The van der Waals surface area contributed by atoms with Gasteiger partial charge in [-0.05, 0) is 17.5 Å². The van der Waals surface area contributed by atoms with E-state index in [1.807, 2.05) is 17.5 Å². The molecule has 2 rings (SSSR count). The van der Waals surface area contributed by atoms with Crippen LogP contribution in [0, 0.1) is 0 Å². The van der Waals surface area contributed by atoms with E-state index in [2.05, 4.69) is 10.6 Å². The standard InChI is InChI=1S/C19H24N2O5S/c1-12(22)21-14(18-6-5-7-27-18)9-19(23)20-11-13-8-16(25-3)17(26-4)10-15(13)24-2/h5-8,10,14H,9,11H2,1-4H3,(H,20,23)(H,21,22)/t14-/m1/s1. The minimum absolute atomic E-state index is 0.149. The van der Waals surface area contributed by atoms with Crippen LogP contribution in [0.4, 0.5) is 0 Å². The highest BCUT2D eigenvalue weighted by Crippen LogP contribution is 2.34. The van der Waals surface area contributed by atoms with Crippen LogP contribution in [0.2, 0.25) is 0 Å². The molecule has 7 nitrogen and oxygen atoms in total. The van der Waals surface area contributed by atoms with Gasteiger partial charge in [-0.1, -0.05) is 6.07 Å². The fourth-order valence-corrected chi connectivity index (χ4v) is 3.42. The quantitative estimate of drug-likeness (QED) is 0.685. The van der Waals surface area contributed by atoms with E-state index in [9.17, 15) is 9.59 Å². The van der Waals surface area contributed by atoms with E-state index in [0.717, 1.165) is 10.4 Å². The van der Waals surface area contributed by atoms with Gasteiger partial charge in [0.15, 0.2) is 11.5 Å². The second-order valence-corrected chi connectivity index (χ2v) is 6.75. The van der Waals surface area contributed by atoms with Crippen molar-refractivity contribution in [1.82, 2.24) is 10.6 Å². The first kappa shape index (κ1) is 20.6. The summed E-state index contributed by atoms with van der Waals surface area (Å²) in [5.74, 6) is 1.33. The summed E-state index contributed by atoms with van der Waals surface area (Å²) in [5, 5.41) is 7.60. The Morgan fingerprint density at radius 3 is 2.30 bits per heavy atom. The van der Waals surface area contributed by atoms with Gasteiger partial charge in [0.1, 0.15) is 5.75 Å². The molecule has 0 aliphatic carbocycles. The number of hydrogen-bond acceptors (Lipinski definition) is 6. The summed E-state index contributed by atoms with van der Waals surface area (Å²) in [5.41, 5.74) is 0.760. The largest absolute Gasteiger partial charge is 0.496 e. The van der Waals surface area contributed by atoms with Crippen LogP contribution in [-0.2, 0) is 16.1 Å². The van der Waals surface area contributed by atoms with Crippen molar-refractivity contribution in [2.45, 2.75) is 25.9 Å². The molecule has 0 spiro atoms. The van der Waals surface area contributed by atoms with Gasteiger partial charge in [0.05, 0.1) is 33.8 Å². The molecule has 0 unspecified atom stereocenters. The van der Waals surface area contributed by atoms with Crippen molar-refractivity contribution in [1.29, 1.82) is 0 Å². The van der Waals surface area contributed by atoms with Gasteiger partial charge in [-0.15, -0.1) is 11.3 Å². The first-order chi connectivity index (χ1) is 13.0. The number of benzene rings is 1. The minimum Gasteiger partial charge on any atom is -0.496 e. The average Bonchev–Trinajstić information content (AvgIpc) is 3.19. The summed E-state index contributed by atoms with van der Waals surface area (Å²) in [6, 6.07) is 6.92. The summed E-state index contributed by atoms with van der Waals surface area (Å²) < 4.78 is 15.9. The third-order valence-electron chi connectivity index (χ3n) is 3.92. The third kappa shape index (κ3) is 5.62. The lowest BCUT2D eigenvalue weighted by atomic mass is 10.1. The molecule has 2 aromatic rings. The molecule has 27 heavy (non-hydrogen) atoms. The highest BCUT2D eigenvalue weighted by molar-refractivity contribution is 7.10. The zero-order valence-electron chi connectivity index (χ0n) is 15.8. The fraction of sp³-hybridized carbons (Fsp3) is 0.368. The van der Waals surface area contributed by atoms with Gasteiger partial charge in [0.2, 0.25) is 11.8 Å². The summed E-state index contributed by atoms with van der Waals surface area (Å²) >= 11 is 1.50. The monoisotopic (exact) mass is 392 g/mol. The Hall–Kier alpha value is -2.74. The molecule has 0 radical (unpaired) electrons.